The molecule has 1 aliphatic rings. The Balaban J connectivity index is 1.81. The largest absolute Gasteiger partial charge is 0.351 e. The van der Waals surface area contributed by atoms with Crippen LogP contribution in [-0.4, -0.2) is 36.1 Å². The number of hydrogen-bond donors (Lipinski definition) is 4. The average molecular weight is 404 g/mol. The van der Waals surface area contributed by atoms with E-state index < -0.39 is 6.03 Å². The molecular weight excluding hydrogens is 386 g/mol. The van der Waals surface area contributed by atoms with Crippen molar-refractivity contribution in [3.63, 3.8) is 0 Å². The number of hydrogen-bond acceptors (Lipinski definition) is 5. The normalized spacial score (nSPS) is 16.1. The molecule has 3 rings (SSSR count). The monoisotopic (exact) mass is 403 g/mol. The lowest BCUT2D eigenvalue weighted by Crippen LogP contribution is -2.45. The summed E-state index contributed by atoms with van der Waals surface area (Å²) < 4.78 is 0. The fourth-order valence-electron chi connectivity index (χ4n) is 2.66. The van der Waals surface area contributed by atoms with E-state index in [1.165, 1.54) is 11.3 Å². The van der Waals surface area contributed by atoms with Gasteiger partial charge in [0.15, 0.2) is 0 Å². The molecule has 0 bridgehead atoms. The molecule has 1 atom stereocenters. The number of anilines is 1. The van der Waals surface area contributed by atoms with E-state index in [-0.39, 0.29) is 11.9 Å². The molecule has 3 heterocycles. The van der Waals surface area contributed by atoms with Crippen LogP contribution in [0.3, 0.4) is 0 Å². The fraction of sp³-hybridized carbons (Fsp3) is 0.278. The van der Waals surface area contributed by atoms with E-state index in [2.05, 4.69) is 32.8 Å². The third-order valence-corrected chi connectivity index (χ3v) is 5.16. The molecule has 9 heteroatoms. The number of primary amides is 1. The number of nitrogens with zero attached hydrogens (tertiary/aromatic N) is 1. The smallest absolute Gasteiger partial charge is 0.316 e. The molecule has 1 saturated heterocycles. The number of halogens is 1. The number of pyridine rings is 1. The zero-order chi connectivity index (χ0) is 19.2. The Labute approximate surface area is 165 Å². The zero-order valence-electron chi connectivity index (χ0n) is 14.3. The summed E-state index contributed by atoms with van der Waals surface area (Å²) in [4.78, 5) is 28.9. The van der Waals surface area contributed by atoms with Crippen LogP contribution in [-0.2, 0) is 0 Å². The summed E-state index contributed by atoms with van der Waals surface area (Å²) in [5.74, 6) is 5.68. The quantitative estimate of drug-likeness (QED) is 0.465. The van der Waals surface area contributed by atoms with Gasteiger partial charge >= 0.3 is 6.03 Å². The van der Waals surface area contributed by atoms with Crippen molar-refractivity contribution in [2.75, 3.05) is 18.4 Å². The molecular formula is C18H18ClN5O2S. The molecule has 27 heavy (non-hydrogen) atoms. The number of carbonyl (C=O) groups is 2. The van der Waals surface area contributed by atoms with Crippen LogP contribution >= 0.6 is 22.9 Å². The lowest BCUT2D eigenvalue weighted by Gasteiger charge is -2.23. The van der Waals surface area contributed by atoms with Crippen LogP contribution in [0.5, 0.6) is 0 Å². The lowest BCUT2D eigenvalue weighted by atomic mass is 10.1. The molecule has 2 aromatic rings. The van der Waals surface area contributed by atoms with Crippen LogP contribution < -0.4 is 21.7 Å². The Morgan fingerprint density at radius 1 is 1.37 bits per heavy atom. The summed E-state index contributed by atoms with van der Waals surface area (Å²) in [6.45, 7) is 1.69. The van der Waals surface area contributed by atoms with Crippen molar-refractivity contribution in [2.24, 2.45) is 5.73 Å². The lowest BCUT2D eigenvalue weighted by molar-refractivity contribution is 0.0935. The van der Waals surface area contributed by atoms with Crippen molar-refractivity contribution in [2.45, 2.75) is 18.9 Å². The molecule has 5 N–H and O–H groups in total. The highest BCUT2D eigenvalue weighted by Crippen LogP contribution is 2.27. The molecule has 0 unspecified atom stereocenters. The highest BCUT2D eigenvalue weighted by Gasteiger charge is 2.21. The number of piperidine rings is 1. The summed E-state index contributed by atoms with van der Waals surface area (Å²) in [5.41, 5.74) is 6.27. The van der Waals surface area contributed by atoms with Crippen molar-refractivity contribution in [3.8, 4) is 11.8 Å². The van der Waals surface area contributed by atoms with Crippen molar-refractivity contribution in [1.82, 2.24) is 15.6 Å². The van der Waals surface area contributed by atoms with Crippen LogP contribution in [0, 0.1) is 11.8 Å². The van der Waals surface area contributed by atoms with Gasteiger partial charge in [-0.2, -0.15) is 0 Å². The van der Waals surface area contributed by atoms with Gasteiger partial charge in [-0.1, -0.05) is 23.4 Å². The first-order valence-electron chi connectivity index (χ1n) is 8.36. The van der Waals surface area contributed by atoms with Gasteiger partial charge in [-0.25, -0.2) is 9.78 Å². The molecule has 1 aliphatic heterocycles. The minimum Gasteiger partial charge on any atom is -0.351 e. The van der Waals surface area contributed by atoms with Crippen LogP contribution in [0.2, 0.25) is 5.15 Å². The van der Waals surface area contributed by atoms with E-state index >= 15 is 0 Å². The SMILES string of the molecule is NC(=O)Nc1cc(C#Cc2ccc(Cl)nc2)sc1C(=O)N[C@H]1CCCNC1. The van der Waals surface area contributed by atoms with Crippen LogP contribution in [0.4, 0.5) is 10.5 Å². The Bertz CT molecular complexity index is 895. The second-order valence-corrected chi connectivity index (χ2v) is 7.42. The van der Waals surface area contributed by atoms with Crippen molar-refractivity contribution < 1.29 is 9.59 Å². The summed E-state index contributed by atoms with van der Waals surface area (Å²) >= 11 is 6.96. The minimum atomic E-state index is -0.734. The van der Waals surface area contributed by atoms with Crippen LogP contribution in [0.15, 0.2) is 24.4 Å². The summed E-state index contributed by atoms with van der Waals surface area (Å²) in [6.07, 6.45) is 3.49. The fourth-order valence-corrected chi connectivity index (χ4v) is 3.64. The van der Waals surface area contributed by atoms with Gasteiger partial charge in [0.2, 0.25) is 0 Å². The Morgan fingerprint density at radius 3 is 2.89 bits per heavy atom. The molecule has 0 aromatic carbocycles. The van der Waals surface area contributed by atoms with Crippen LogP contribution in [0.25, 0.3) is 0 Å². The molecule has 2 aromatic heterocycles. The maximum Gasteiger partial charge on any atom is 0.316 e. The van der Waals surface area contributed by atoms with E-state index in [4.69, 9.17) is 17.3 Å². The van der Waals surface area contributed by atoms with E-state index in [0.717, 1.165) is 25.9 Å². The van der Waals surface area contributed by atoms with E-state index in [1.54, 1.807) is 24.4 Å². The van der Waals surface area contributed by atoms with Gasteiger partial charge in [0.1, 0.15) is 10.0 Å². The standard InChI is InChI=1S/C18H18ClN5O2S/c19-15-6-4-11(9-22-15)3-5-13-8-14(24-18(20)26)16(27-13)17(25)23-12-2-1-7-21-10-12/h4,6,8-9,12,21H,1-2,7,10H2,(H,23,25)(H3,20,24,26)/t12-/m0/s1. The number of urea groups is 1. The Kier molecular flexibility index (Phi) is 6.29. The first-order chi connectivity index (χ1) is 13.0. The molecule has 3 amide bonds. The summed E-state index contributed by atoms with van der Waals surface area (Å²) in [5, 5.41) is 9.12. The topological polar surface area (TPSA) is 109 Å². The van der Waals surface area contributed by atoms with Gasteiger partial charge < -0.3 is 21.7 Å². The van der Waals surface area contributed by atoms with Crippen molar-refractivity contribution in [3.05, 3.63) is 44.9 Å². The number of carbonyl (C=O) groups excluding carboxylic acids is 2. The second kappa shape index (κ2) is 8.86. The molecule has 7 nitrogen and oxygen atoms in total. The molecule has 0 spiro atoms. The second-order valence-electron chi connectivity index (χ2n) is 5.98. The highest BCUT2D eigenvalue weighted by molar-refractivity contribution is 7.15. The molecule has 1 fully saturated rings. The summed E-state index contributed by atoms with van der Waals surface area (Å²) in [6, 6.07) is 4.37. The van der Waals surface area contributed by atoms with Gasteiger partial charge in [-0.3, -0.25) is 4.79 Å². The zero-order valence-corrected chi connectivity index (χ0v) is 15.9. The maximum absolute atomic E-state index is 12.6. The van der Waals surface area contributed by atoms with E-state index in [0.29, 0.717) is 26.2 Å². The summed E-state index contributed by atoms with van der Waals surface area (Å²) in [7, 11) is 0. The predicted molar refractivity (Wildman–Crippen MR) is 106 cm³/mol. The van der Waals surface area contributed by atoms with Crippen LogP contribution in [0.1, 0.15) is 33.0 Å². The number of nitrogens with two attached hydrogens (primary N) is 1. The maximum atomic E-state index is 12.6. The van der Waals surface area contributed by atoms with Crippen molar-refractivity contribution in [1.29, 1.82) is 0 Å². The molecule has 0 saturated carbocycles. The molecule has 140 valence electrons. The third-order valence-electron chi connectivity index (χ3n) is 3.89. The number of amides is 3. The van der Waals surface area contributed by atoms with E-state index in [1.807, 2.05) is 0 Å². The Morgan fingerprint density at radius 2 is 2.22 bits per heavy atom. The molecule has 0 radical (unpaired) electrons. The van der Waals surface area contributed by atoms with Crippen molar-refractivity contribution >= 4 is 40.6 Å². The Hall–Kier alpha value is -2.60. The molecule has 0 aliphatic carbocycles. The van der Waals surface area contributed by atoms with Gasteiger partial charge in [0, 0.05) is 24.3 Å². The number of rotatable bonds is 3. The first kappa shape index (κ1) is 19.2. The number of thiophene rings is 1. The number of aromatic nitrogens is 1. The van der Waals surface area contributed by atoms with Gasteiger partial charge in [0.25, 0.3) is 5.91 Å². The highest BCUT2D eigenvalue weighted by atomic mass is 35.5. The minimum absolute atomic E-state index is 0.0597. The predicted octanol–water partition coefficient (Wildman–Crippen LogP) is 2.17. The third kappa shape index (κ3) is 5.44. The van der Waals surface area contributed by atoms with Gasteiger partial charge in [-0.05, 0) is 37.6 Å². The van der Waals surface area contributed by atoms with Gasteiger partial charge in [0.05, 0.1) is 10.6 Å². The van der Waals surface area contributed by atoms with E-state index in [9.17, 15) is 9.59 Å². The first-order valence-corrected chi connectivity index (χ1v) is 9.56. The van der Waals surface area contributed by atoms with Gasteiger partial charge in [-0.15, -0.1) is 11.3 Å². The number of nitrogens with one attached hydrogen (secondary N) is 3. The average Bonchev–Trinajstić information content (AvgIpc) is 3.04.